The number of rotatable bonds is 10. The van der Waals surface area contributed by atoms with Gasteiger partial charge in [-0.15, -0.1) is 0 Å². The Morgan fingerprint density at radius 2 is 1.18 bits per heavy atom. The highest BCUT2D eigenvalue weighted by Crippen LogP contribution is 2.57. The van der Waals surface area contributed by atoms with Gasteiger partial charge in [-0.3, -0.25) is 19.7 Å². The molecule has 0 saturated heterocycles. The fourth-order valence-corrected chi connectivity index (χ4v) is 8.73. The van der Waals surface area contributed by atoms with E-state index in [1.807, 2.05) is 96.8 Å². The van der Waals surface area contributed by atoms with E-state index in [0.29, 0.717) is 5.56 Å². The van der Waals surface area contributed by atoms with Crippen LogP contribution in [0, 0.1) is 20.4 Å². The second-order valence-electron chi connectivity index (χ2n) is 10.1. The summed E-state index contributed by atoms with van der Waals surface area (Å²) in [7, 11) is -6.08. The minimum absolute atomic E-state index is 0.00205. The van der Waals surface area contributed by atoms with Crippen molar-refractivity contribution < 1.29 is 48.1 Å². The summed E-state index contributed by atoms with van der Waals surface area (Å²) < 4.78 is 37.8. The Balaban J connectivity index is 0.00000101. The average Bonchev–Trinajstić information content (AvgIpc) is 3.10. The van der Waals surface area contributed by atoms with E-state index in [2.05, 4.69) is 10.6 Å². The third kappa shape index (κ3) is 9.78. The van der Waals surface area contributed by atoms with E-state index in [-0.39, 0.29) is 22.8 Å². The Bertz CT molecular complexity index is 1810. The molecule has 0 spiro atoms. The number of methoxy groups -OCH3 is 1. The molecule has 0 saturated carbocycles. The average molecular weight is 703 g/mol. The highest BCUT2D eigenvalue weighted by Gasteiger charge is 2.45. The third-order valence-electron chi connectivity index (χ3n) is 6.98. The number of ether oxygens (including phenoxy) is 1. The van der Waals surface area contributed by atoms with Crippen molar-refractivity contribution >= 4 is 46.4 Å². The summed E-state index contributed by atoms with van der Waals surface area (Å²) in [5.74, 6) is 0.797. The number of amides is 2. The number of nitrogens with zero attached hydrogens (tertiary/aromatic N) is 1. The van der Waals surface area contributed by atoms with Crippen LogP contribution in [-0.2, 0) is 4.79 Å². The van der Waals surface area contributed by atoms with Crippen molar-refractivity contribution in [2.24, 2.45) is 0 Å². The molecule has 0 unspecified atom stereocenters. The molecular weight excluding hydrogens is 673 g/mol. The predicted molar refractivity (Wildman–Crippen MR) is 178 cm³/mol. The highest BCUT2D eigenvalue weighted by atomic mass is 35.7. The largest absolute Gasteiger partial charge is 0.490 e. The number of carbonyl (C=O) groups is 2. The number of nitro groups is 1. The molecule has 5 aromatic rings. The summed E-state index contributed by atoms with van der Waals surface area (Å²) in [6, 6.07) is 42.3. The van der Waals surface area contributed by atoms with Crippen LogP contribution in [0.1, 0.15) is 10.4 Å². The third-order valence-corrected chi connectivity index (χ3v) is 11.0. The smallest absolute Gasteiger partial charge is 0.312 e. The van der Waals surface area contributed by atoms with Gasteiger partial charge in [-0.1, -0.05) is 72.8 Å². The van der Waals surface area contributed by atoms with Crippen molar-refractivity contribution in [3.63, 3.8) is 0 Å². The van der Waals surface area contributed by atoms with Crippen LogP contribution in [0.2, 0.25) is 0 Å². The second-order valence-corrected chi connectivity index (χ2v) is 14.1. The minimum Gasteiger partial charge on any atom is -0.490 e. The van der Waals surface area contributed by atoms with Gasteiger partial charge in [0.15, 0.2) is 5.75 Å². The van der Waals surface area contributed by atoms with E-state index in [1.54, 1.807) is 30.3 Å². The van der Waals surface area contributed by atoms with E-state index in [1.165, 1.54) is 25.3 Å². The predicted octanol–water partition coefficient (Wildman–Crippen LogP) is 1.68. The molecule has 0 atom stereocenters. The van der Waals surface area contributed by atoms with Gasteiger partial charge in [-0.25, -0.2) is 0 Å². The number of anilines is 1. The first-order chi connectivity index (χ1) is 23.4. The van der Waals surface area contributed by atoms with Gasteiger partial charge in [0.2, 0.25) is 0 Å². The topological polar surface area (TPSA) is 200 Å². The summed E-state index contributed by atoms with van der Waals surface area (Å²) in [6.45, 7) is 0. The molecule has 0 aromatic heterocycles. The lowest BCUT2D eigenvalue weighted by atomic mass is 10.2. The quantitative estimate of drug-likeness (QED) is 0.0838. The van der Waals surface area contributed by atoms with Crippen LogP contribution in [0.5, 0.6) is 5.75 Å². The highest BCUT2D eigenvalue weighted by molar-refractivity contribution is 7.98. The molecular formula is C35H30ClN3O9P+. The van der Waals surface area contributed by atoms with Gasteiger partial charge in [-0.05, 0) is 60.7 Å². The Hall–Kier alpha value is -5.46. The second kappa shape index (κ2) is 16.6. The number of carbonyl (C=O) groups excluding carboxylic acids is 2. The molecule has 0 aliphatic rings. The minimum atomic E-state index is -4.69. The van der Waals surface area contributed by atoms with Crippen molar-refractivity contribution in [1.82, 2.24) is 5.32 Å². The monoisotopic (exact) mass is 702 g/mol. The molecule has 2 amide bonds. The molecule has 0 bridgehead atoms. The number of hydrogen-bond acceptors (Lipinski definition) is 9. The number of nitro benzene ring substituents is 1. The Labute approximate surface area is 284 Å². The number of hydrogen-bond donors (Lipinski definition) is 3. The van der Waals surface area contributed by atoms with Gasteiger partial charge in [-0.2, -0.15) is 14.0 Å². The van der Waals surface area contributed by atoms with E-state index in [4.69, 9.17) is 23.4 Å². The molecule has 0 fully saturated rings. The molecule has 0 aliphatic carbocycles. The van der Waals surface area contributed by atoms with E-state index in [9.17, 15) is 19.7 Å². The van der Waals surface area contributed by atoms with Gasteiger partial charge in [0, 0.05) is 17.3 Å². The van der Waals surface area contributed by atoms with Crippen molar-refractivity contribution in [2.75, 3.05) is 12.4 Å². The van der Waals surface area contributed by atoms with Crippen molar-refractivity contribution in [2.45, 2.75) is 0 Å². The van der Waals surface area contributed by atoms with Gasteiger partial charge in [0.05, 0.1) is 26.9 Å². The summed E-state index contributed by atoms with van der Waals surface area (Å²) in [5, 5.41) is 20.2. The molecule has 5 aromatic carbocycles. The first-order valence-corrected chi connectivity index (χ1v) is 17.5. The zero-order valence-corrected chi connectivity index (χ0v) is 27.5. The summed E-state index contributed by atoms with van der Waals surface area (Å²) in [6.07, 6.45) is 0. The number of nitrogens with one attached hydrogen (secondary N) is 2. The molecule has 0 heterocycles. The fourth-order valence-electron chi connectivity index (χ4n) is 4.89. The maximum Gasteiger partial charge on any atom is 0.312 e. The van der Waals surface area contributed by atoms with Crippen molar-refractivity contribution in [1.29, 1.82) is 0 Å². The van der Waals surface area contributed by atoms with Crippen LogP contribution in [0.25, 0.3) is 0 Å². The zero-order valence-electron chi connectivity index (χ0n) is 25.8. The molecule has 12 nitrogen and oxygen atoms in total. The Kier molecular flexibility index (Phi) is 12.3. The van der Waals surface area contributed by atoms with E-state index >= 15 is 0 Å². The lowest BCUT2D eigenvalue weighted by Crippen LogP contribution is -2.58. The van der Waals surface area contributed by atoms with Crippen molar-refractivity contribution in [3.8, 4) is 5.75 Å². The molecule has 49 heavy (non-hydrogen) atoms. The molecule has 0 aliphatic heterocycles. The summed E-state index contributed by atoms with van der Waals surface area (Å²) in [4.78, 5) is 38.7. The van der Waals surface area contributed by atoms with Crippen LogP contribution in [-0.4, -0.2) is 28.5 Å². The van der Waals surface area contributed by atoms with Crippen LogP contribution < -0.4 is 45.3 Å². The fraction of sp³-hybridized carbons (Fsp3) is 0.0286. The van der Waals surface area contributed by atoms with Gasteiger partial charge in [0.1, 0.15) is 34.7 Å². The normalized spacial score (nSPS) is 11.4. The Morgan fingerprint density at radius 1 is 0.755 bits per heavy atom. The van der Waals surface area contributed by atoms with E-state index in [0.717, 1.165) is 15.9 Å². The molecule has 0 radical (unpaired) electrons. The van der Waals surface area contributed by atoms with Crippen molar-refractivity contribution in [3.05, 3.63) is 167 Å². The SMILES string of the molecule is COc1ccc(NC(=O)C(=C[P+](c2ccccc2)(c2ccccc2)c2ccccc2)NC(=O)c2ccccc2)cc1[N+](=O)[O-].[O-][Cl+3]([O-])([O-])O. The zero-order chi connectivity index (χ0) is 35.4. The maximum absolute atomic E-state index is 14.1. The molecule has 5 rings (SSSR count). The summed E-state index contributed by atoms with van der Waals surface area (Å²) in [5.41, 5.74) is 0.242. The van der Waals surface area contributed by atoms with Crippen LogP contribution >= 0.6 is 7.26 Å². The number of halogens is 1. The van der Waals surface area contributed by atoms with Gasteiger partial charge >= 0.3 is 5.69 Å². The van der Waals surface area contributed by atoms with Crippen LogP contribution in [0.3, 0.4) is 0 Å². The van der Waals surface area contributed by atoms with Crippen LogP contribution in [0.15, 0.2) is 151 Å². The maximum atomic E-state index is 14.1. The van der Waals surface area contributed by atoms with Gasteiger partial charge < -0.3 is 15.4 Å². The standard InChI is InChI=1S/C35H28N3O5P.ClHO4/c1-43-33-23-22-27(24-32(33)38(41)42)36-35(40)31(37-34(39)26-14-6-2-7-15-26)25-44(28-16-8-3-9-17-28,29-18-10-4-11-19-29)30-20-12-5-13-21-30;2-1(3,4)5/h2-25H,1H3,(H-,36,37,39,40);(H,2,3,4,5)/p+1. The lowest BCUT2D eigenvalue weighted by Gasteiger charge is -2.25. The summed E-state index contributed by atoms with van der Waals surface area (Å²) >= 11 is 0. The lowest BCUT2D eigenvalue weighted by molar-refractivity contribution is -1.92. The van der Waals surface area contributed by atoms with Crippen LogP contribution in [0.4, 0.5) is 11.4 Å². The molecule has 250 valence electrons. The number of benzene rings is 5. The van der Waals surface area contributed by atoms with Gasteiger partial charge in [0.25, 0.3) is 11.8 Å². The molecule has 3 N–H and O–H groups in total. The Morgan fingerprint density at radius 3 is 1.59 bits per heavy atom. The molecule has 14 heteroatoms. The first kappa shape index (κ1) is 36.4. The first-order valence-electron chi connectivity index (χ1n) is 14.3. The van der Waals surface area contributed by atoms with E-state index < -0.39 is 34.2 Å².